The van der Waals surface area contributed by atoms with Crippen LogP contribution < -0.4 is 10.1 Å². The van der Waals surface area contributed by atoms with Crippen LogP contribution in [0.15, 0.2) is 47.1 Å². The molecule has 8 nitrogen and oxygen atoms in total. The lowest BCUT2D eigenvalue weighted by Crippen LogP contribution is -2.53. The van der Waals surface area contributed by atoms with Crippen molar-refractivity contribution < 1.29 is 19.1 Å². The normalized spacial score (nSPS) is 19.3. The number of hydrogen-bond donors (Lipinski definition) is 2. The highest BCUT2D eigenvalue weighted by Crippen LogP contribution is 2.45. The van der Waals surface area contributed by atoms with E-state index in [4.69, 9.17) is 9.47 Å². The fourth-order valence-corrected chi connectivity index (χ4v) is 5.08. The molecule has 0 saturated carbocycles. The number of aromatic amines is 1. The van der Waals surface area contributed by atoms with Gasteiger partial charge in [0.25, 0.3) is 5.91 Å². The van der Waals surface area contributed by atoms with Gasteiger partial charge in [0.1, 0.15) is 11.4 Å². The number of para-hydroxylation sites is 1. The van der Waals surface area contributed by atoms with Gasteiger partial charge in [0.2, 0.25) is 0 Å². The van der Waals surface area contributed by atoms with Gasteiger partial charge in [-0.05, 0) is 24.3 Å². The second kappa shape index (κ2) is 8.12. The van der Waals surface area contributed by atoms with Crippen LogP contribution in [0.3, 0.4) is 0 Å². The molecule has 1 saturated heterocycles. The molecule has 9 heteroatoms. The van der Waals surface area contributed by atoms with Crippen molar-refractivity contribution in [3.8, 4) is 5.75 Å². The Morgan fingerprint density at radius 3 is 2.88 bits per heavy atom. The van der Waals surface area contributed by atoms with Gasteiger partial charge < -0.3 is 19.7 Å². The van der Waals surface area contributed by atoms with Crippen LogP contribution in [0, 0.1) is 0 Å². The van der Waals surface area contributed by atoms with Crippen LogP contribution in [0.5, 0.6) is 5.75 Å². The van der Waals surface area contributed by atoms with E-state index in [1.54, 1.807) is 17.2 Å². The molecule has 166 valence electrons. The van der Waals surface area contributed by atoms with Gasteiger partial charge in [-0.1, -0.05) is 28.1 Å². The van der Waals surface area contributed by atoms with Crippen molar-refractivity contribution >= 4 is 38.8 Å². The van der Waals surface area contributed by atoms with Crippen LogP contribution in [-0.2, 0) is 4.74 Å². The molecule has 5 rings (SSSR count). The van der Waals surface area contributed by atoms with Crippen molar-refractivity contribution in [3.05, 3.63) is 58.2 Å². The first kappa shape index (κ1) is 20.8. The van der Waals surface area contributed by atoms with Gasteiger partial charge in [-0.2, -0.15) is 5.10 Å². The number of rotatable bonds is 2. The lowest BCUT2D eigenvalue weighted by atomic mass is 9.80. The van der Waals surface area contributed by atoms with Gasteiger partial charge in [0.15, 0.2) is 0 Å². The third-order valence-electron chi connectivity index (χ3n) is 6.38. The minimum atomic E-state index is -0.455. The Hall–Kier alpha value is -3.07. The maximum Gasteiger partial charge on any atom is 0.409 e. The number of halogens is 1. The number of amides is 2. The fourth-order valence-electron chi connectivity index (χ4n) is 4.70. The van der Waals surface area contributed by atoms with Gasteiger partial charge in [-0.25, -0.2) is 4.79 Å². The first-order chi connectivity index (χ1) is 15.5. The molecule has 1 atom stereocenters. The highest BCUT2D eigenvalue weighted by atomic mass is 79.9. The van der Waals surface area contributed by atoms with E-state index < -0.39 is 5.60 Å². The Bertz CT molecular complexity index is 1190. The summed E-state index contributed by atoms with van der Waals surface area (Å²) in [5, 5.41) is 11.1. The minimum Gasteiger partial charge on any atom is -0.487 e. The fraction of sp³-hybridized carbons (Fsp3) is 0.348. The molecule has 2 aliphatic rings. The van der Waals surface area contributed by atoms with Crippen LogP contribution in [-0.4, -0.2) is 52.9 Å². The van der Waals surface area contributed by atoms with Gasteiger partial charge in [-0.15, -0.1) is 0 Å². The third-order valence-corrected chi connectivity index (χ3v) is 6.88. The Morgan fingerprint density at radius 2 is 2.09 bits per heavy atom. The van der Waals surface area contributed by atoms with E-state index in [1.807, 2.05) is 30.3 Å². The summed E-state index contributed by atoms with van der Waals surface area (Å²) in [5.74, 6) is 0.593. The molecule has 1 spiro atoms. The highest BCUT2D eigenvalue weighted by Gasteiger charge is 2.44. The predicted molar refractivity (Wildman–Crippen MR) is 122 cm³/mol. The number of carbonyl (C=O) groups excluding carboxylic acids is 2. The Labute approximate surface area is 193 Å². The quantitative estimate of drug-likeness (QED) is 0.552. The molecule has 32 heavy (non-hydrogen) atoms. The topological polar surface area (TPSA) is 96.5 Å². The Morgan fingerprint density at radius 1 is 1.28 bits per heavy atom. The van der Waals surface area contributed by atoms with E-state index in [0.717, 1.165) is 21.2 Å². The van der Waals surface area contributed by atoms with Crippen molar-refractivity contribution in [2.24, 2.45) is 0 Å². The molecule has 2 aromatic carbocycles. The molecule has 1 aromatic heterocycles. The van der Waals surface area contributed by atoms with Crippen molar-refractivity contribution in [2.45, 2.75) is 30.9 Å². The second-order valence-corrected chi connectivity index (χ2v) is 9.21. The predicted octanol–water partition coefficient (Wildman–Crippen LogP) is 4.18. The second-order valence-electron chi connectivity index (χ2n) is 8.29. The molecule has 2 aliphatic heterocycles. The Balaban J connectivity index is 1.43. The molecule has 1 fully saturated rings. The smallest absolute Gasteiger partial charge is 0.409 e. The number of aromatic nitrogens is 2. The summed E-state index contributed by atoms with van der Waals surface area (Å²) in [6.45, 7) is 1.10. The summed E-state index contributed by atoms with van der Waals surface area (Å²) in [6, 6.07) is 11.2. The number of methoxy groups -OCH3 is 1. The lowest BCUT2D eigenvalue weighted by Gasteiger charge is -2.46. The van der Waals surface area contributed by atoms with E-state index in [9.17, 15) is 9.59 Å². The molecule has 0 bridgehead atoms. The van der Waals surface area contributed by atoms with E-state index in [0.29, 0.717) is 43.4 Å². The Kier molecular flexibility index (Phi) is 5.28. The number of benzene rings is 2. The third kappa shape index (κ3) is 3.70. The molecule has 0 radical (unpaired) electrons. The number of ether oxygens (including phenoxy) is 2. The summed E-state index contributed by atoms with van der Waals surface area (Å²) in [4.78, 5) is 26.9. The lowest BCUT2D eigenvalue weighted by molar-refractivity contribution is -0.0221. The van der Waals surface area contributed by atoms with Gasteiger partial charge in [0, 0.05) is 47.8 Å². The molecular weight excluding hydrogens is 476 g/mol. The average Bonchev–Trinajstić information content (AvgIpc) is 3.28. The number of fused-ring (bicyclic) bond motifs is 2. The van der Waals surface area contributed by atoms with E-state index >= 15 is 0 Å². The number of hydrogen-bond acceptors (Lipinski definition) is 5. The summed E-state index contributed by atoms with van der Waals surface area (Å²) in [6.07, 6.45) is 3.34. The minimum absolute atomic E-state index is 0.167. The zero-order chi connectivity index (χ0) is 22.3. The maximum absolute atomic E-state index is 13.3. The number of likely N-dealkylation sites (tertiary alicyclic amines) is 1. The molecule has 0 aliphatic carbocycles. The van der Waals surface area contributed by atoms with E-state index in [1.165, 1.54) is 7.11 Å². The highest BCUT2D eigenvalue weighted by molar-refractivity contribution is 9.10. The van der Waals surface area contributed by atoms with Crippen molar-refractivity contribution in [1.29, 1.82) is 0 Å². The summed E-state index contributed by atoms with van der Waals surface area (Å²) in [7, 11) is 1.39. The zero-order valence-corrected chi connectivity index (χ0v) is 19.1. The molecular formula is C23H23BrN4O4. The number of piperidine rings is 1. The molecule has 3 aromatic rings. The first-order valence-corrected chi connectivity index (χ1v) is 11.3. The van der Waals surface area contributed by atoms with Crippen LogP contribution in [0.25, 0.3) is 10.9 Å². The molecule has 2 amide bonds. The molecule has 2 N–H and O–H groups in total. The number of carbonyl (C=O) groups is 2. The number of nitrogens with zero attached hydrogens (tertiary/aromatic N) is 2. The van der Waals surface area contributed by atoms with Crippen LogP contribution in [0.1, 0.15) is 41.2 Å². The average molecular weight is 499 g/mol. The standard InChI is InChI=1S/C23H23BrN4O4/c1-31-22(30)28-9-7-23(8-10-28)12-18(17-11-15(24)5-6-19(17)32-23)26-21(29)16-4-2-3-14-13-25-27-20(14)16/h2-6,11,13,18H,7-10,12H2,1H3,(H,25,27)(H,26,29)/t18-/m0/s1. The van der Waals surface area contributed by atoms with Gasteiger partial charge >= 0.3 is 6.09 Å². The van der Waals surface area contributed by atoms with Crippen LogP contribution in [0.2, 0.25) is 0 Å². The van der Waals surface area contributed by atoms with E-state index in [2.05, 4.69) is 31.4 Å². The summed E-state index contributed by atoms with van der Waals surface area (Å²) < 4.78 is 12.3. The van der Waals surface area contributed by atoms with Crippen molar-refractivity contribution in [1.82, 2.24) is 20.4 Å². The van der Waals surface area contributed by atoms with Gasteiger partial charge in [0.05, 0.1) is 30.4 Å². The van der Waals surface area contributed by atoms with Crippen LogP contribution >= 0.6 is 15.9 Å². The SMILES string of the molecule is COC(=O)N1CCC2(CC1)C[C@H](NC(=O)c1cccc3cn[nH]c13)c1cc(Br)ccc1O2. The van der Waals surface area contributed by atoms with Gasteiger partial charge in [-0.3, -0.25) is 9.89 Å². The summed E-state index contributed by atoms with van der Waals surface area (Å²) in [5.41, 5.74) is 1.75. The molecule has 0 unspecified atom stereocenters. The number of nitrogens with one attached hydrogen (secondary N) is 2. The molecule has 3 heterocycles. The summed E-state index contributed by atoms with van der Waals surface area (Å²) >= 11 is 3.54. The first-order valence-electron chi connectivity index (χ1n) is 10.5. The van der Waals surface area contributed by atoms with Crippen molar-refractivity contribution in [2.75, 3.05) is 20.2 Å². The maximum atomic E-state index is 13.3. The van der Waals surface area contributed by atoms with Crippen molar-refractivity contribution in [3.63, 3.8) is 0 Å². The van der Waals surface area contributed by atoms with Crippen LogP contribution in [0.4, 0.5) is 4.79 Å². The number of H-pyrrole nitrogens is 1. The monoisotopic (exact) mass is 498 g/mol. The largest absolute Gasteiger partial charge is 0.487 e. The van der Waals surface area contributed by atoms with E-state index in [-0.39, 0.29) is 18.0 Å². The zero-order valence-electron chi connectivity index (χ0n) is 17.6.